The first-order chi connectivity index (χ1) is 7.83. The Labute approximate surface area is 98.1 Å². The molecule has 0 spiro atoms. The van der Waals surface area contributed by atoms with Crippen LogP contribution in [-0.2, 0) is 6.42 Å². The van der Waals surface area contributed by atoms with Crippen LogP contribution in [0.5, 0.6) is 5.75 Å². The van der Waals surface area contributed by atoms with Gasteiger partial charge in [-0.1, -0.05) is 38.0 Å². The maximum absolute atomic E-state index is 5.24. The summed E-state index contributed by atoms with van der Waals surface area (Å²) < 4.78 is 5.24. The fraction of sp³-hybridized carbons (Fsp3) is 0.467. The molecule has 0 radical (unpaired) electrons. The summed E-state index contributed by atoms with van der Waals surface area (Å²) in [5.74, 6) is 1.69. The van der Waals surface area contributed by atoms with Crippen LogP contribution in [-0.4, -0.2) is 7.11 Å². The molecule has 0 aromatic heterocycles. The van der Waals surface area contributed by atoms with Crippen LogP contribution in [0.4, 0.5) is 0 Å². The number of rotatable bonds is 4. The second kappa shape index (κ2) is 5.20. The zero-order valence-corrected chi connectivity index (χ0v) is 10.2. The van der Waals surface area contributed by atoms with E-state index in [1.165, 1.54) is 36.8 Å². The number of methoxy groups -OCH3 is 1. The average Bonchev–Trinajstić information content (AvgIpc) is 2.35. The highest BCUT2D eigenvalue weighted by molar-refractivity contribution is 5.59. The van der Waals surface area contributed by atoms with E-state index in [0.717, 1.165) is 11.7 Å². The van der Waals surface area contributed by atoms with E-state index in [9.17, 15) is 0 Å². The average molecular weight is 216 g/mol. The number of benzene rings is 1. The molecule has 0 amide bonds. The van der Waals surface area contributed by atoms with E-state index in [4.69, 9.17) is 4.74 Å². The minimum Gasteiger partial charge on any atom is -0.497 e. The van der Waals surface area contributed by atoms with Gasteiger partial charge in [0.05, 0.1) is 7.11 Å². The summed E-state index contributed by atoms with van der Waals surface area (Å²) in [6.07, 6.45) is 9.74. The van der Waals surface area contributed by atoms with Gasteiger partial charge in [0, 0.05) is 0 Å². The summed E-state index contributed by atoms with van der Waals surface area (Å²) in [6.45, 7) is 2.26. The summed E-state index contributed by atoms with van der Waals surface area (Å²) in [6, 6.07) is 6.40. The van der Waals surface area contributed by atoms with Gasteiger partial charge >= 0.3 is 0 Å². The molecule has 1 heteroatoms. The molecule has 86 valence electrons. The molecule has 1 aromatic carbocycles. The number of allylic oxidation sites excluding steroid dienone is 1. The molecule has 0 bridgehead atoms. The van der Waals surface area contributed by atoms with Gasteiger partial charge in [0.1, 0.15) is 5.75 Å². The third-order valence-electron chi connectivity index (χ3n) is 3.31. The highest BCUT2D eigenvalue weighted by Gasteiger charge is 2.13. The molecule has 1 aliphatic carbocycles. The second-order valence-corrected chi connectivity index (χ2v) is 4.53. The third kappa shape index (κ3) is 2.46. The van der Waals surface area contributed by atoms with Crippen LogP contribution in [0.3, 0.4) is 0 Å². The van der Waals surface area contributed by atoms with Crippen molar-refractivity contribution in [3.8, 4) is 5.75 Å². The molecule has 1 aromatic rings. The first-order valence-electron chi connectivity index (χ1n) is 6.18. The van der Waals surface area contributed by atoms with Gasteiger partial charge in [-0.25, -0.2) is 0 Å². The minimum atomic E-state index is 0.737. The van der Waals surface area contributed by atoms with Gasteiger partial charge in [0.25, 0.3) is 0 Å². The quantitative estimate of drug-likeness (QED) is 0.737. The van der Waals surface area contributed by atoms with Crippen molar-refractivity contribution in [2.75, 3.05) is 7.11 Å². The Kier molecular flexibility index (Phi) is 3.66. The fourth-order valence-electron chi connectivity index (χ4n) is 2.30. The predicted molar refractivity (Wildman–Crippen MR) is 68.7 cm³/mol. The van der Waals surface area contributed by atoms with Gasteiger partial charge in [-0.15, -0.1) is 0 Å². The van der Waals surface area contributed by atoms with Crippen molar-refractivity contribution in [3.05, 3.63) is 35.4 Å². The van der Waals surface area contributed by atoms with Gasteiger partial charge in [-0.2, -0.15) is 0 Å². The zero-order valence-electron chi connectivity index (χ0n) is 10.2. The van der Waals surface area contributed by atoms with E-state index in [0.29, 0.717) is 0 Å². The van der Waals surface area contributed by atoms with Crippen molar-refractivity contribution in [2.45, 2.75) is 32.6 Å². The van der Waals surface area contributed by atoms with Crippen LogP contribution in [0.15, 0.2) is 24.3 Å². The highest BCUT2D eigenvalue weighted by Crippen LogP contribution is 2.28. The minimum absolute atomic E-state index is 0.737. The largest absolute Gasteiger partial charge is 0.497 e. The van der Waals surface area contributed by atoms with Crippen molar-refractivity contribution >= 4 is 6.08 Å². The van der Waals surface area contributed by atoms with Crippen molar-refractivity contribution < 1.29 is 4.74 Å². The number of unbranched alkanes of at least 4 members (excludes halogenated alkanes) is 1. The summed E-state index contributed by atoms with van der Waals surface area (Å²) in [7, 11) is 1.72. The Morgan fingerprint density at radius 2 is 2.25 bits per heavy atom. The molecule has 1 aliphatic rings. The normalized spacial score (nSPS) is 18.2. The lowest BCUT2D eigenvalue weighted by Crippen LogP contribution is -2.07. The van der Waals surface area contributed by atoms with E-state index in [1.54, 1.807) is 7.11 Å². The highest BCUT2D eigenvalue weighted by atomic mass is 16.5. The van der Waals surface area contributed by atoms with E-state index in [-0.39, 0.29) is 0 Å². The first-order valence-corrected chi connectivity index (χ1v) is 6.18. The standard InChI is InChI=1S/C15H20O/c1-3-4-5-12-6-7-14-11-15(16-2)9-8-13(14)10-12/h6-9,11-12H,3-5,10H2,1-2H3/t12-/m1/s1. The molecule has 0 saturated carbocycles. The van der Waals surface area contributed by atoms with Crippen LogP contribution in [0.25, 0.3) is 6.08 Å². The fourth-order valence-corrected chi connectivity index (χ4v) is 2.30. The molecular weight excluding hydrogens is 196 g/mol. The number of hydrogen-bond donors (Lipinski definition) is 0. The van der Waals surface area contributed by atoms with Crippen LogP contribution in [0.1, 0.15) is 37.3 Å². The second-order valence-electron chi connectivity index (χ2n) is 4.53. The Morgan fingerprint density at radius 3 is 3.00 bits per heavy atom. The Morgan fingerprint density at radius 1 is 1.38 bits per heavy atom. The van der Waals surface area contributed by atoms with Crippen molar-refractivity contribution in [2.24, 2.45) is 5.92 Å². The van der Waals surface area contributed by atoms with Gasteiger partial charge in [-0.05, 0) is 42.0 Å². The summed E-state index contributed by atoms with van der Waals surface area (Å²) in [5.41, 5.74) is 2.79. The molecule has 1 nitrogen and oxygen atoms in total. The molecule has 0 N–H and O–H groups in total. The molecule has 16 heavy (non-hydrogen) atoms. The summed E-state index contributed by atoms with van der Waals surface area (Å²) in [4.78, 5) is 0. The topological polar surface area (TPSA) is 9.23 Å². The van der Waals surface area contributed by atoms with E-state index in [1.807, 2.05) is 0 Å². The van der Waals surface area contributed by atoms with Crippen molar-refractivity contribution in [3.63, 3.8) is 0 Å². The first kappa shape index (κ1) is 11.3. The Bertz CT molecular complexity index is 379. The molecule has 1 atom stereocenters. The van der Waals surface area contributed by atoms with Crippen LogP contribution < -0.4 is 4.74 Å². The van der Waals surface area contributed by atoms with Crippen molar-refractivity contribution in [1.29, 1.82) is 0 Å². The molecule has 0 unspecified atom stereocenters. The van der Waals surface area contributed by atoms with Gasteiger partial charge in [0.15, 0.2) is 0 Å². The lowest BCUT2D eigenvalue weighted by Gasteiger charge is -2.19. The van der Waals surface area contributed by atoms with Gasteiger partial charge in [0.2, 0.25) is 0 Å². The van der Waals surface area contributed by atoms with Crippen molar-refractivity contribution in [1.82, 2.24) is 0 Å². The van der Waals surface area contributed by atoms with Gasteiger partial charge < -0.3 is 4.74 Å². The van der Waals surface area contributed by atoms with Crippen LogP contribution >= 0.6 is 0 Å². The number of ether oxygens (including phenoxy) is 1. The SMILES string of the molecule is CCCC[C@@H]1C=Cc2cc(OC)ccc2C1. The third-order valence-corrected chi connectivity index (χ3v) is 3.31. The number of hydrogen-bond acceptors (Lipinski definition) is 1. The molecule has 0 fully saturated rings. The maximum atomic E-state index is 5.24. The lowest BCUT2D eigenvalue weighted by molar-refractivity contribution is 0.414. The van der Waals surface area contributed by atoms with Gasteiger partial charge in [-0.3, -0.25) is 0 Å². The smallest absolute Gasteiger partial charge is 0.119 e. The molecule has 0 aliphatic heterocycles. The maximum Gasteiger partial charge on any atom is 0.119 e. The molecular formula is C15H20O. The lowest BCUT2D eigenvalue weighted by atomic mass is 9.86. The van der Waals surface area contributed by atoms with E-state index < -0.39 is 0 Å². The molecule has 0 saturated heterocycles. The van der Waals surface area contributed by atoms with E-state index >= 15 is 0 Å². The zero-order chi connectivity index (χ0) is 11.4. The summed E-state index contributed by atoms with van der Waals surface area (Å²) >= 11 is 0. The molecule has 0 heterocycles. The Balaban J connectivity index is 2.10. The Hall–Kier alpha value is -1.24. The summed E-state index contributed by atoms with van der Waals surface area (Å²) in [5, 5.41) is 0. The monoisotopic (exact) mass is 216 g/mol. The van der Waals surface area contributed by atoms with E-state index in [2.05, 4.69) is 37.3 Å². The number of fused-ring (bicyclic) bond motifs is 1. The molecule has 2 rings (SSSR count). The van der Waals surface area contributed by atoms with Crippen LogP contribution in [0, 0.1) is 5.92 Å². The predicted octanol–water partition coefficient (Wildman–Crippen LogP) is 4.07. The van der Waals surface area contributed by atoms with Crippen LogP contribution in [0.2, 0.25) is 0 Å².